The Bertz CT molecular complexity index is 5070. The zero-order valence-corrected chi connectivity index (χ0v) is 46.2. The molecule has 2 heterocycles. The molecule has 0 fully saturated rings. The Labute approximate surface area is 464 Å². The second-order valence-corrected chi connectivity index (χ2v) is 24.2. The number of hydrogen-bond acceptors (Lipinski definition) is 3. The first-order chi connectivity index (χ1) is 39.0. The van der Waals surface area contributed by atoms with Crippen molar-refractivity contribution in [3.05, 3.63) is 191 Å². The summed E-state index contributed by atoms with van der Waals surface area (Å²) in [5.41, 5.74) is 8.98. The number of amides is 2. The predicted molar refractivity (Wildman–Crippen MR) is 331 cm³/mol. The first kappa shape index (κ1) is 47.9. The predicted octanol–water partition coefficient (Wildman–Crippen LogP) is 20.7. The Morgan fingerprint density at radius 2 is 0.827 bits per heavy atom. The van der Waals surface area contributed by atoms with Crippen LogP contribution < -0.4 is 9.80 Å². The minimum atomic E-state index is -4.60. The summed E-state index contributed by atoms with van der Waals surface area (Å²) in [7, 11) is 0. The smallest absolute Gasteiger partial charge is 0.340 e. The van der Waals surface area contributed by atoms with Crippen LogP contribution in [0.3, 0.4) is 0 Å². The van der Waals surface area contributed by atoms with Crippen molar-refractivity contribution >= 4 is 153 Å². The maximum absolute atomic E-state index is 15.1. The highest BCUT2D eigenvalue weighted by molar-refractivity contribution is 6.50. The second-order valence-electron chi connectivity index (χ2n) is 24.2. The van der Waals surface area contributed by atoms with Crippen molar-refractivity contribution in [2.24, 2.45) is 5.92 Å². The average Bonchev–Trinajstić information content (AvgIpc) is 2.46. The van der Waals surface area contributed by atoms with Gasteiger partial charge in [-0.15, -0.1) is 0 Å². The minimum Gasteiger partial charge on any atom is -0.340 e. The number of aryl methyl sites for hydroxylation is 2. The van der Waals surface area contributed by atoms with E-state index in [1.165, 1.54) is 92.2 Å². The van der Waals surface area contributed by atoms with Crippen molar-refractivity contribution in [2.45, 2.75) is 79.9 Å². The highest BCUT2D eigenvalue weighted by Gasteiger charge is 2.41. The summed E-state index contributed by atoms with van der Waals surface area (Å²) in [5.74, 6) is -1.54. The third-order valence-corrected chi connectivity index (χ3v) is 18.2. The Morgan fingerprint density at radius 1 is 0.432 bits per heavy atom. The van der Waals surface area contributed by atoms with Crippen LogP contribution in [-0.2, 0) is 12.7 Å². The molecule has 1 aliphatic rings. The van der Waals surface area contributed by atoms with Crippen molar-refractivity contribution < 1.29 is 22.8 Å². The maximum atomic E-state index is 15.1. The standard InChI is InChI=1S/C73H54F3N3O2/c1-35(2)34-77-59-32-57-51-25-23-45-48-27-29-54-66-53(71(80)79(72(54)81)70-55(36(3)4)30-40(73(74,75)76)31-56(70)37(5)6)28-26-47(62(48)66)44-20-21-46(63(51)61(44)45)49-22-24-50-43-10-9-11-52-58(33-60(77)68(64(43)52)69(59)67(50)65(49)57)78(41-16-12-38(7)13-17-41)42-18-14-39(8)15-19-42/h9-33,35-37H,34H2,1-8H3. The topological polar surface area (TPSA) is 45.6 Å². The number of hydrogen-bond donors (Lipinski definition) is 0. The van der Waals surface area contributed by atoms with E-state index in [2.05, 4.69) is 152 Å². The van der Waals surface area contributed by atoms with Gasteiger partial charge in [0.25, 0.3) is 11.8 Å². The van der Waals surface area contributed by atoms with Gasteiger partial charge in [0, 0.05) is 61.4 Å². The molecule has 0 bridgehead atoms. The van der Waals surface area contributed by atoms with E-state index >= 15 is 9.59 Å². The quantitative estimate of drug-likeness (QED) is 0.0865. The number of benzene rings is 14. The molecule has 8 heteroatoms. The Kier molecular flexibility index (Phi) is 9.66. The lowest BCUT2D eigenvalue weighted by molar-refractivity contribution is -0.137. The number of nitrogens with zero attached hydrogens (tertiary/aromatic N) is 3. The first-order valence-electron chi connectivity index (χ1n) is 28.3. The van der Waals surface area contributed by atoms with E-state index < -0.39 is 35.4 Å². The van der Waals surface area contributed by atoms with E-state index in [0.29, 0.717) is 33.6 Å². The molecule has 2 amide bonds. The van der Waals surface area contributed by atoms with Gasteiger partial charge in [-0.2, -0.15) is 13.2 Å². The highest BCUT2D eigenvalue weighted by Crippen LogP contribution is 2.56. The van der Waals surface area contributed by atoms with Crippen LogP contribution in [0.15, 0.2) is 152 Å². The molecule has 0 radical (unpaired) electrons. The van der Waals surface area contributed by atoms with Crippen LogP contribution in [0.1, 0.15) is 102 Å². The van der Waals surface area contributed by atoms with Crippen molar-refractivity contribution in [2.75, 3.05) is 9.80 Å². The molecule has 81 heavy (non-hydrogen) atoms. The Morgan fingerprint density at radius 3 is 1.31 bits per heavy atom. The summed E-state index contributed by atoms with van der Waals surface area (Å²) >= 11 is 0. The third kappa shape index (κ3) is 6.28. The number of anilines is 4. The van der Waals surface area contributed by atoms with E-state index in [0.717, 1.165) is 73.0 Å². The lowest BCUT2D eigenvalue weighted by Gasteiger charge is -2.33. The molecule has 0 aliphatic carbocycles. The van der Waals surface area contributed by atoms with E-state index in [1.807, 2.05) is 24.3 Å². The van der Waals surface area contributed by atoms with Crippen LogP contribution in [-0.4, -0.2) is 16.4 Å². The van der Waals surface area contributed by atoms with Gasteiger partial charge in [-0.3, -0.25) is 9.59 Å². The van der Waals surface area contributed by atoms with E-state index in [1.54, 1.807) is 27.7 Å². The second kappa shape index (κ2) is 16.3. The van der Waals surface area contributed by atoms with E-state index in [9.17, 15) is 13.2 Å². The van der Waals surface area contributed by atoms with Crippen LogP contribution in [0.5, 0.6) is 0 Å². The molecule has 1 aromatic heterocycles. The molecular weight excluding hydrogens is 1010 g/mol. The van der Waals surface area contributed by atoms with Crippen LogP contribution >= 0.6 is 0 Å². The summed E-state index contributed by atoms with van der Waals surface area (Å²) in [6, 6.07) is 53.2. The number of alkyl halides is 3. The van der Waals surface area contributed by atoms with Gasteiger partial charge in [-0.25, -0.2) is 4.90 Å². The molecule has 0 saturated carbocycles. The maximum Gasteiger partial charge on any atom is 0.416 e. The molecule has 15 aromatic rings. The molecule has 16 rings (SSSR count). The number of fused-ring (bicyclic) bond motifs is 5. The minimum absolute atomic E-state index is 0.243. The molecule has 5 nitrogen and oxygen atoms in total. The highest BCUT2D eigenvalue weighted by atomic mass is 19.4. The van der Waals surface area contributed by atoms with Crippen molar-refractivity contribution in [1.82, 2.24) is 4.57 Å². The fourth-order valence-electron chi connectivity index (χ4n) is 14.7. The van der Waals surface area contributed by atoms with Gasteiger partial charge >= 0.3 is 6.18 Å². The number of imide groups is 1. The zero-order chi connectivity index (χ0) is 55.6. The summed E-state index contributed by atoms with van der Waals surface area (Å²) in [6.07, 6.45) is -4.60. The van der Waals surface area contributed by atoms with Crippen LogP contribution in [0.4, 0.5) is 35.9 Å². The number of carbonyl (C=O) groups excluding carboxylic acids is 2. The molecule has 1 aliphatic heterocycles. The summed E-state index contributed by atoms with van der Waals surface area (Å²) in [4.78, 5) is 33.8. The number of aromatic nitrogens is 1. The van der Waals surface area contributed by atoms with Crippen LogP contribution in [0.2, 0.25) is 0 Å². The van der Waals surface area contributed by atoms with Crippen molar-refractivity contribution in [3.63, 3.8) is 0 Å². The normalized spacial score (nSPS) is 13.8. The molecule has 394 valence electrons. The Hall–Kier alpha value is -9.01. The van der Waals surface area contributed by atoms with E-state index in [4.69, 9.17) is 0 Å². The zero-order valence-electron chi connectivity index (χ0n) is 46.2. The number of halogens is 3. The number of carbonyl (C=O) groups is 2. The summed E-state index contributed by atoms with van der Waals surface area (Å²) < 4.78 is 45.8. The van der Waals surface area contributed by atoms with Crippen molar-refractivity contribution in [1.29, 1.82) is 0 Å². The number of rotatable bonds is 8. The SMILES string of the molecule is Cc1ccc(N(c2ccc(C)cc2)c2cc3c4c5c2cccc5c2ccc5c6ccc7c8ccc9c%10c(ccc(c%11ccc(c%12cc(c4c2c5%12)n3CC(C)C)c6c7%11)c%108)C(=O)N(c2c(C(C)C)cc(C(F)(F)F)cc2C(C)C)C9=O)cc1. The monoisotopic (exact) mass is 1060 g/mol. The average molecular weight is 1060 g/mol. The molecule has 14 aromatic carbocycles. The molecular formula is C73H54F3N3O2. The fourth-order valence-corrected chi connectivity index (χ4v) is 14.7. The van der Waals surface area contributed by atoms with Gasteiger partial charge in [-0.1, -0.05) is 144 Å². The van der Waals surface area contributed by atoms with Gasteiger partial charge in [0.05, 0.1) is 28.0 Å². The van der Waals surface area contributed by atoms with Crippen LogP contribution in [0.25, 0.3) is 119 Å². The third-order valence-electron chi connectivity index (χ3n) is 18.2. The molecule has 0 atom stereocenters. The van der Waals surface area contributed by atoms with Crippen LogP contribution in [0, 0.1) is 19.8 Å². The molecule has 0 unspecified atom stereocenters. The van der Waals surface area contributed by atoms with Gasteiger partial charge < -0.3 is 9.47 Å². The largest absolute Gasteiger partial charge is 0.416 e. The molecule has 0 saturated heterocycles. The summed E-state index contributed by atoms with van der Waals surface area (Å²) in [5, 5.41) is 22.5. The van der Waals surface area contributed by atoms with Crippen molar-refractivity contribution in [3.8, 4) is 0 Å². The lowest BCUT2D eigenvalue weighted by atomic mass is 9.80. The van der Waals surface area contributed by atoms with Gasteiger partial charge in [0.15, 0.2) is 0 Å². The summed E-state index contributed by atoms with van der Waals surface area (Å²) in [6.45, 7) is 16.9. The fraction of sp³-hybridized carbons (Fsp3) is 0.178. The first-order valence-corrected chi connectivity index (χ1v) is 28.3. The van der Waals surface area contributed by atoms with E-state index in [-0.39, 0.29) is 5.69 Å². The van der Waals surface area contributed by atoms with Gasteiger partial charge in [0.2, 0.25) is 0 Å². The molecule has 0 spiro atoms. The Balaban J connectivity index is 0.962. The van der Waals surface area contributed by atoms with Gasteiger partial charge in [0.1, 0.15) is 0 Å². The van der Waals surface area contributed by atoms with Gasteiger partial charge in [-0.05, 0) is 179 Å². The lowest BCUT2D eigenvalue weighted by Crippen LogP contribution is -2.42. The molecule has 0 N–H and O–H groups in total.